The van der Waals surface area contributed by atoms with Crippen LogP contribution in [0.2, 0.25) is 0 Å². The van der Waals surface area contributed by atoms with Crippen LogP contribution in [0.4, 0.5) is 17.3 Å². The number of anilines is 3. The van der Waals surface area contributed by atoms with Gasteiger partial charge in [0.05, 0.1) is 0 Å². The third kappa shape index (κ3) is 5.40. The highest BCUT2D eigenvalue weighted by Gasteiger charge is 2.14. The van der Waals surface area contributed by atoms with E-state index in [2.05, 4.69) is 63.4 Å². The number of rotatable bonds is 6. The molecule has 0 saturated carbocycles. The van der Waals surface area contributed by atoms with Crippen LogP contribution in [0.3, 0.4) is 0 Å². The SMILES string of the molecule is CC(C)CNc1nccc(C(=O)Nc2ccc(N3CCN(C)CC3)cc2)n1. The van der Waals surface area contributed by atoms with Gasteiger partial charge in [-0.2, -0.15) is 0 Å². The fourth-order valence-electron chi connectivity index (χ4n) is 2.88. The summed E-state index contributed by atoms with van der Waals surface area (Å²) in [5.41, 5.74) is 2.29. The monoisotopic (exact) mass is 368 g/mol. The van der Waals surface area contributed by atoms with Crippen molar-refractivity contribution in [3.63, 3.8) is 0 Å². The average Bonchev–Trinajstić information content (AvgIpc) is 2.68. The van der Waals surface area contributed by atoms with Gasteiger partial charge in [0, 0.05) is 50.3 Å². The van der Waals surface area contributed by atoms with Crippen molar-refractivity contribution in [1.82, 2.24) is 14.9 Å². The Balaban J connectivity index is 1.60. The number of aromatic nitrogens is 2. The minimum Gasteiger partial charge on any atom is -0.369 e. The molecule has 0 bridgehead atoms. The quantitative estimate of drug-likeness (QED) is 0.816. The summed E-state index contributed by atoms with van der Waals surface area (Å²) in [6.07, 6.45) is 1.60. The molecular formula is C20H28N6O. The van der Waals surface area contributed by atoms with E-state index in [0.29, 0.717) is 17.6 Å². The Kier molecular flexibility index (Phi) is 6.24. The molecule has 0 atom stereocenters. The number of carbonyl (C=O) groups is 1. The summed E-state index contributed by atoms with van der Waals surface area (Å²) in [7, 11) is 2.15. The minimum atomic E-state index is -0.239. The number of nitrogens with zero attached hydrogens (tertiary/aromatic N) is 4. The Morgan fingerprint density at radius 1 is 1.11 bits per heavy atom. The molecule has 1 aliphatic rings. The molecule has 0 radical (unpaired) electrons. The van der Waals surface area contributed by atoms with Crippen LogP contribution in [0.5, 0.6) is 0 Å². The van der Waals surface area contributed by atoms with E-state index in [1.54, 1.807) is 12.3 Å². The van der Waals surface area contributed by atoms with Crippen LogP contribution < -0.4 is 15.5 Å². The Labute approximate surface area is 160 Å². The van der Waals surface area contributed by atoms with Crippen LogP contribution in [-0.4, -0.2) is 60.5 Å². The van der Waals surface area contributed by atoms with Gasteiger partial charge in [-0.1, -0.05) is 13.8 Å². The molecule has 1 fully saturated rings. The zero-order valence-electron chi connectivity index (χ0n) is 16.3. The second-order valence-electron chi connectivity index (χ2n) is 7.33. The van der Waals surface area contributed by atoms with Gasteiger partial charge in [-0.15, -0.1) is 0 Å². The van der Waals surface area contributed by atoms with E-state index in [-0.39, 0.29) is 5.91 Å². The maximum atomic E-state index is 12.5. The van der Waals surface area contributed by atoms with E-state index < -0.39 is 0 Å². The van der Waals surface area contributed by atoms with Crippen LogP contribution in [0, 0.1) is 5.92 Å². The second-order valence-corrected chi connectivity index (χ2v) is 7.33. The van der Waals surface area contributed by atoms with Gasteiger partial charge in [-0.05, 0) is 43.3 Å². The van der Waals surface area contributed by atoms with Gasteiger partial charge in [0.15, 0.2) is 0 Å². The van der Waals surface area contributed by atoms with E-state index in [4.69, 9.17) is 0 Å². The number of amides is 1. The molecule has 2 heterocycles. The van der Waals surface area contributed by atoms with Crippen molar-refractivity contribution in [2.75, 3.05) is 55.3 Å². The first-order valence-corrected chi connectivity index (χ1v) is 9.43. The number of hydrogen-bond acceptors (Lipinski definition) is 6. The molecule has 7 nitrogen and oxygen atoms in total. The van der Waals surface area contributed by atoms with Gasteiger partial charge in [-0.25, -0.2) is 9.97 Å². The van der Waals surface area contributed by atoms with Gasteiger partial charge in [0.2, 0.25) is 5.95 Å². The molecule has 2 N–H and O–H groups in total. The first-order chi connectivity index (χ1) is 13.0. The first-order valence-electron chi connectivity index (χ1n) is 9.43. The molecule has 1 amide bonds. The van der Waals surface area contributed by atoms with E-state index in [1.807, 2.05) is 12.1 Å². The number of likely N-dealkylation sites (N-methyl/N-ethyl adjacent to an activating group) is 1. The third-order valence-corrected chi connectivity index (χ3v) is 4.55. The summed E-state index contributed by atoms with van der Waals surface area (Å²) in [4.78, 5) is 25.6. The molecule has 1 aromatic heterocycles. The number of nitrogens with one attached hydrogen (secondary N) is 2. The van der Waals surface area contributed by atoms with Gasteiger partial charge < -0.3 is 20.4 Å². The fourth-order valence-corrected chi connectivity index (χ4v) is 2.88. The summed E-state index contributed by atoms with van der Waals surface area (Å²) in [6.45, 7) is 9.16. The largest absolute Gasteiger partial charge is 0.369 e. The lowest BCUT2D eigenvalue weighted by atomic mass is 10.2. The van der Waals surface area contributed by atoms with E-state index in [0.717, 1.165) is 38.4 Å². The van der Waals surface area contributed by atoms with Crippen LogP contribution in [0.1, 0.15) is 24.3 Å². The standard InChI is InChI=1S/C20H28N6O/c1-15(2)14-22-20-21-9-8-18(24-20)19(27)23-16-4-6-17(7-5-16)26-12-10-25(3)11-13-26/h4-9,15H,10-14H2,1-3H3,(H,23,27)(H,21,22,24). The molecule has 144 valence electrons. The van der Waals surface area contributed by atoms with Crippen molar-refractivity contribution >= 4 is 23.2 Å². The Bertz CT molecular complexity index is 753. The van der Waals surface area contributed by atoms with Gasteiger partial charge in [0.1, 0.15) is 5.69 Å². The zero-order valence-corrected chi connectivity index (χ0v) is 16.3. The summed E-state index contributed by atoms with van der Waals surface area (Å²) >= 11 is 0. The lowest BCUT2D eigenvalue weighted by molar-refractivity contribution is 0.102. The minimum absolute atomic E-state index is 0.239. The summed E-state index contributed by atoms with van der Waals surface area (Å²) in [5.74, 6) is 0.712. The summed E-state index contributed by atoms with van der Waals surface area (Å²) < 4.78 is 0. The maximum Gasteiger partial charge on any atom is 0.274 e. The van der Waals surface area contributed by atoms with Crippen molar-refractivity contribution in [1.29, 1.82) is 0 Å². The molecule has 0 spiro atoms. The molecule has 0 unspecified atom stereocenters. The molecule has 1 aromatic carbocycles. The van der Waals surface area contributed by atoms with Gasteiger partial charge in [-0.3, -0.25) is 4.79 Å². The molecule has 3 rings (SSSR count). The van der Waals surface area contributed by atoms with Crippen molar-refractivity contribution in [2.24, 2.45) is 5.92 Å². The van der Waals surface area contributed by atoms with E-state index in [9.17, 15) is 4.79 Å². The van der Waals surface area contributed by atoms with Crippen LogP contribution >= 0.6 is 0 Å². The van der Waals surface area contributed by atoms with Gasteiger partial charge in [0.25, 0.3) is 5.91 Å². The number of benzene rings is 1. The topological polar surface area (TPSA) is 73.4 Å². The first kappa shape index (κ1) is 19.1. The normalized spacial score (nSPS) is 15.0. The number of piperazine rings is 1. The Morgan fingerprint density at radius 2 is 1.81 bits per heavy atom. The van der Waals surface area contributed by atoms with E-state index in [1.165, 1.54) is 5.69 Å². The number of carbonyl (C=O) groups excluding carboxylic acids is 1. The van der Waals surface area contributed by atoms with Crippen LogP contribution in [0.15, 0.2) is 36.5 Å². The fraction of sp³-hybridized carbons (Fsp3) is 0.450. The highest BCUT2D eigenvalue weighted by molar-refractivity contribution is 6.03. The Hall–Kier alpha value is -2.67. The molecule has 0 aliphatic carbocycles. The summed E-state index contributed by atoms with van der Waals surface area (Å²) in [6, 6.07) is 9.59. The lowest BCUT2D eigenvalue weighted by Gasteiger charge is -2.34. The maximum absolute atomic E-state index is 12.5. The molecular weight excluding hydrogens is 340 g/mol. The average molecular weight is 368 g/mol. The second kappa shape index (κ2) is 8.81. The predicted molar refractivity (Wildman–Crippen MR) is 109 cm³/mol. The highest BCUT2D eigenvalue weighted by Crippen LogP contribution is 2.19. The zero-order chi connectivity index (χ0) is 19.2. The van der Waals surface area contributed by atoms with Gasteiger partial charge >= 0.3 is 0 Å². The smallest absolute Gasteiger partial charge is 0.274 e. The molecule has 7 heteroatoms. The predicted octanol–water partition coefficient (Wildman–Crippen LogP) is 2.55. The van der Waals surface area contributed by atoms with Crippen molar-refractivity contribution in [2.45, 2.75) is 13.8 Å². The van der Waals surface area contributed by atoms with Crippen molar-refractivity contribution in [3.8, 4) is 0 Å². The van der Waals surface area contributed by atoms with E-state index >= 15 is 0 Å². The van der Waals surface area contributed by atoms with Crippen LogP contribution in [0.25, 0.3) is 0 Å². The number of hydrogen-bond donors (Lipinski definition) is 2. The Morgan fingerprint density at radius 3 is 2.48 bits per heavy atom. The van der Waals surface area contributed by atoms with Crippen LogP contribution in [-0.2, 0) is 0 Å². The van der Waals surface area contributed by atoms with Crippen molar-refractivity contribution < 1.29 is 4.79 Å². The lowest BCUT2D eigenvalue weighted by Crippen LogP contribution is -2.44. The highest BCUT2D eigenvalue weighted by atomic mass is 16.1. The molecule has 27 heavy (non-hydrogen) atoms. The third-order valence-electron chi connectivity index (χ3n) is 4.55. The van der Waals surface area contributed by atoms with Crippen molar-refractivity contribution in [3.05, 3.63) is 42.2 Å². The molecule has 2 aromatic rings. The molecule has 1 saturated heterocycles. The summed E-state index contributed by atoms with van der Waals surface area (Å²) in [5, 5.41) is 6.04. The molecule has 1 aliphatic heterocycles.